The van der Waals surface area contributed by atoms with Crippen LogP contribution in [0.2, 0.25) is 0 Å². The number of amides is 1. The van der Waals surface area contributed by atoms with Crippen molar-refractivity contribution in [3.63, 3.8) is 0 Å². The molecular weight excluding hydrogens is 390 g/mol. The first-order valence-electron chi connectivity index (χ1n) is 10.4. The van der Waals surface area contributed by atoms with E-state index in [1.54, 1.807) is 11.0 Å². The second-order valence-corrected chi connectivity index (χ2v) is 7.54. The number of likely N-dealkylation sites (tertiary alicyclic amines) is 1. The van der Waals surface area contributed by atoms with Crippen LogP contribution in [0.4, 0.5) is 0 Å². The molecule has 0 saturated carbocycles. The molecule has 0 radical (unpaired) electrons. The van der Waals surface area contributed by atoms with E-state index in [0.717, 1.165) is 22.5 Å². The Morgan fingerprint density at radius 1 is 1.00 bits per heavy atom. The monoisotopic (exact) mass is 415 g/mol. The smallest absolute Gasteiger partial charge is 0.308 e. The van der Waals surface area contributed by atoms with E-state index in [9.17, 15) is 9.59 Å². The molecule has 4 rings (SSSR count). The number of methoxy groups -OCH3 is 1. The topological polar surface area (TPSA) is 64.4 Å². The zero-order chi connectivity index (χ0) is 21.6. The van der Waals surface area contributed by atoms with Gasteiger partial charge in [-0.25, -0.2) is 4.68 Å². The van der Waals surface area contributed by atoms with Gasteiger partial charge in [0.15, 0.2) is 0 Å². The number of nitrogens with zero attached hydrogens (tertiary/aromatic N) is 3. The predicted molar refractivity (Wildman–Crippen MR) is 119 cm³/mol. The number of carbonyl (C=O) groups excluding carboxylic acids is 2. The highest BCUT2D eigenvalue weighted by atomic mass is 16.5. The molecule has 3 aromatic rings. The number of ether oxygens (including phenoxy) is 1. The molecule has 1 aliphatic heterocycles. The summed E-state index contributed by atoms with van der Waals surface area (Å²) in [6, 6.07) is 19.8. The van der Waals surface area contributed by atoms with Crippen LogP contribution in [0.15, 0.2) is 72.9 Å². The first kappa shape index (κ1) is 20.6. The van der Waals surface area contributed by atoms with Crippen LogP contribution in [0.5, 0.6) is 0 Å². The molecule has 1 amide bonds. The molecule has 1 aromatic heterocycles. The van der Waals surface area contributed by atoms with Crippen LogP contribution in [0, 0.1) is 5.92 Å². The van der Waals surface area contributed by atoms with E-state index < -0.39 is 0 Å². The van der Waals surface area contributed by atoms with E-state index in [4.69, 9.17) is 9.84 Å². The number of carbonyl (C=O) groups is 2. The minimum absolute atomic E-state index is 0.0604. The van der Waals surface area contributed by atoms with Gasteiger partial charge in [-0.3, -0.25) is 9.59 Å². The fourth-order valence-corrected chi connectivity index (χ4v) is 3.81. The van der Waals surface area contributed by atoms with Crippen molar-refractivity contribution < 1.29 is 14.3 Å². The van der Waals surface area contributed by atoms with Crippen LogP contribution in [0.3, 0.4) is 0 Å². The van der Waals surface area contributed by atoms with Gasteiger partial charge in [-0.2, -0.15) is 5.10 Å². The Balaban J connectivity index is 1.54. The van der Waals surface area contributed by atoms with Crippen molar-refractivity contribution in [1.82, 2.24) is 14.7 Å². The molecule has 0 aliphatic carbocycles. The highest BCUT2D eigenvalue weighted by Crippen LogP contribution is 2.25. The zero-order valence-corrected chi connectivity index (χ0v) is 17.5. The molecule has 6 nitrogen and oxygen atoms in total. The fraction of sp³-hybridized carbons (Fsp3) is 0.240. The Morgan fingerprint density at radius 2 is 1.65 bits per heavy atom. The molecule has 31 heavy (non-hydrogen) atoms. The first-order valence-corrected chi connectivity index (χ1v) is 10.4. The number of para-hydroxylation sites is 1. The summed E-state index contributed by atoms with van der Waals surface area (Å²) < 4.78 is 6.65. The molecule has 0 atom stereocenters. The molecule has 158 valence electrons. The van der Waals surface area contributed by atoms with Crippen molar-refractivity contribution >= 4 is 18.0 Å². The van der Waals surface area contributed by atoms with E-state index in [2.05, 4.69) is 0 Å². The molecule has 2 aromatic carbocycles. The summed E-state index contributed by atoms with van der Waals surface area (Å²) >= 11 is 0. The Hall–Kier alpha value is -3.67. The number of aromatic nitrogens is 2. The largest absolute Gasteiger partial charge is 0.469 e. The quantitative estimate of drug-likeness (QED) is 0.467. The van der Waals surface area contributed by atoms with Gasteiger partial charge in [0.1, 0.15) is 0 Å². The van der Waals surface area contributed by atoms with Crippen LogP contribution in [-0.4, -0.2) is 46.8 Å². The molecule has 0 N–H and O–H groups in total. The average Bonchev–Trinajstić information content (AvgIpc) is 3.27. The normalized spacial score (nSPS) is 14.7. The summed E-state index contributed by atoms with van der Waals surface area (Å²) in [6.45, 7) is 1.11. The van der Waals surface area contributed by atoms with E-state index in [1.165, 1.54) is 7.11 Å². The lowest BCUT2D eigenvalue weighted by molar-refractivity contribution is -0.148. The van der Waals surface area contributed by atoms with Gasteiger partial charge in [-0.15, -0.1) is 0 Å². The van der Waals surface area contributed by atoms with E-state index in [0.29, 0.717) is 25.9 Å². The highest BCUT2D eigenvalue weighted by molar-refractivity contribution is 5.93. The lowest BCUT2D eigenvalue weighted by Crippen LogP contribution is -2.39. The van der Waals surface area contributed by atoms with Crippen LogP contribution in [-0.2, 0) is 14.3 Å². The SMILES string of the molecule is COC(=O)C1CCN(C(=O)/C=C/c2cn(-c3ccccc3)nc2-c2ccccc2)CC1. The van der Waals surface area contributed by atoms with Crippen molar-refractivity contribution in [3.8, 4) is 16.9 Å². The zero-order valence-electron chi connectivity index (χ0n) is 17.5. The third-order valence-corrected chi connectivity index (χ3v) is 5.56. The second kappa shape index (κ2) is 9.43. The molecule has 6 heteroatoms. The lowest BCUT2D eigenvalue weighted by atomic mass is 9.97. The number of piperidine rings is 1. The van der Waals surface area contributed by atoms with E-state index >= 15 is 0 Å². The van der Waals surface area contributed by atoms with Crippen molar-refractivity contribution in [3.05, 3.63) is 78.5 Å². The average molecular weight is 415 g/mol. The van der Waals surface area contributed by atoms with Gasteiger partial charge < -0.3 is 9.64 Å². The molecule has 1 aliphatic rings. The third-order valence-electron chi connectivity index (χ3n) is 5.56. The van der Waals surface area contributed by atoms with Crippen molar-refractivity contribution in [2.45, 2.75) is 12.8 Å². The number of benzene rings is 2. The predicted octanol–water partition coefficient (Wildman–Crippen LogP) is 3.96. The molecular formula is C25H25N3O3. The second-order valence-electron chi connectivity index (χ2n) is 7.54. The molecule has 0 bridgehead atoms. The summed E-state index contributed by atoms with van der Waals surface area (Å²) in [5, 5.41) is 4.77. The Bertz CT molecular complexity index is 1070. The van der Waals surface area contributed by atoms with Gasteiger partial charge in [0, 0.05) is 36.5 Å². The van der Waals surface area contributed by atoms with Gasteiger partial charge in [0.25, 0.3) is 0 Å². The van der Waals surface area contributed by atoms with Crippen LogP contribution >= 0.6 is 0 Å². The molecule has 0 unspecified atom stereocenters. The molecule has 1 fully saturated rings. The van der Waals surface area contributed by atoms with Crippen molar-refractivity contribution in [2.24, 2.45) is 5.92 Å². The van der Waals surface area contributed by atoms with Gasteiger partial charge in [0.2, 0.25) is 5.91 Å². The summed E-state index contributed by atoms with van der Waals surface area (Å²) in [4.78, 5) is 26.2. The van der Waals surface area contributed by atoms with Gasteiger partial charge in [-0.05, 0) is 31.1 Å². The first-order chi connectivity index (χ1) is 15.2. The number of esters is 1. The fourth-order valence-electron chi connectivity index (χ4n) is 3.81. The van der Waals surface area contributed by atoms with E-state index in [-0.39, 0.29) is 17.8 Å². The standard InChI is InChI=1S/C25H25N3O3/c1-31-25(30)20-14-16-27(17-15-20)23(29)13-12-21-18-28(22-10-6-3-7-11-22)26-24(21)19-8-4-2-5-9-19/h2-13,18,20H,14-17H2,1H3/b13-12+. The van der Waals surface area contributed by atoms with Gasteiger partial charge in [-0.1, -0.05) is 48.5 Å². The van der Waals surface area contributed by atoms with Gasteiger partial charge >= 0.3 is 5.97 Å². The summed E-state index contributed by atoms with van der Waals surface area (Å²) in [5.74, 6) is -0.370. The van der Waals surface area contributed by atoms with Crippen LogP contribution in [0.1, 0.15) is 18.4 Å². The Morgan fingerprint density at radius 3 is 2.29 bits per heavy atom. The summed E-state index contributed by atoms with van der Waals surface area (Å²) in [6.07, 6.45) is 6.62. The number of hydrogen-bond donors (Lipinski definition) is 0. The lowest BCUT2D eigenvalue weighted by Gasteiger charge is -2.29. The maximum atomic E-state index is 12.7. The van der Waals surface area contributed by atoms with E-state index in [1.807, 2.05) is 77.6 Å². The number of rotatable bonds is 5. The highest BCUT2D eigenvalue weighted by Gasteiger charge is 2.27. The van der Waals surface area contributed by atoms with Gasteiger partial charge in [0.05, 0.1) is 24.4 Å². The summed E-state index contributed by atoms with van der Waals surface area (Å²) in [7, 11) is 1.41. The Kier molecular flexibility index (Phi) is 6.26. The Labute approximate surface area is 181 Å². The molecule has 1 saturated heterocycles. The maximum Gasteiger partial charge on any atom is 0.308 e. The minimum atomic E-state index is -0.191. The third kappa shape index (κ3) is 4.74. The van der Waals surface area contributed by atoms with Crippen molar-refractivity contribution in [1.29, 1.82) is 0 Å². The maximum absolute atomic E-state index is 12.7. The van der Waals surface area contributed by atoms with Crippen LogP contribution in [0.25, 0.3) is 23.0 Å². The molecule has 2 heterocycles. The molecule has 0 spiro atoms. The minimum Gasteiger partial charge on any atom is -0.469 e. The van der Waals surface area contributed by atoms with Crippen molar-refractivity contribution in [2.75, 3.05) is 20.2 Å². The number of hydrogen-bond acceptors (Lipinski definition) is 4. The summed E-state index contributed by atoms with van der Waals surface area (Å²) in [5.41, 5.74) is 3.63. The van der Waals surface area contributed by atoms with Crippen LogP contribution < -0.4 is 0 Å².